The lowest BCUT2D eigenvalue weighted by atomic mass is 10.2. The molecule has 0 fully saturated rings. The molecule has 1 N–H and O–H groups in total. The van der Waals surface area contributed by atoms with Crippen molar-refractivity contribution in [1.29, 1.82) is 0 Å². The number of sulfone groups is 1. The Morgan fingerprint density at radius 3 is 2.05 bits per heavy atom. The third-order valence-electron chi connectivity index (χ3n) is 4.33. The smallest absolute Gasteiger partial charge is 0.325 e. The van der Waals surface area contributed by atoms with Crippen molar-refractivity contribution in [2.45, 2.75) is 33.3 Å². The average Bonchev–Trinajstić information content (AvgIpc) is 2.76. The Kier molecular flexibility index (Phi) is 8.14. The van der Waals surface area contributed by atoms with E-state index in [9.17, 15) is 67.2 Å². The summed E-state index contributed by atoms with van der Waals surface area (Å²) in [5, 5.41) is 6.55. The van der Waals surface area contributed by atoms with Crippen LogP contribution in [0.15, 0.2) is 52.3 Å². The van der Waals surface area contributed by atoms with Crippen LogP contribution in [0.2, 0.25) is 0 Å². The number of rotatable bonds is 8. The molecule has 0 spiro atoms. The van der Waals surface area contributed by atoms with Crippen molar-refractivity contribution in [2.24, 2.45) is 0 Å². The predicted molar refractivity (Wildman–Crippen MR) is 107 cm³/mol. The van der Waals surface area contributed by atoms with Crippen molar-refractivity contribution in [3.63, 3.8) is 0 Å². The van der Waals surface area contributed by atoms with Gasteiger partial charge < -0.3 is 5.32 Å². The number of amides is 1. The molecule has 2 aromatic carbocycles. The molecule has 7 nitrogen and oxygen atoms in total. The highest BCUT2D eigenvalue weighted by atomic mass is 32.2. The van der Waals surface area contributed by atoms with E-state index in [1.165, 1.54) is 0 Å². The first-order valence-electron chi connectivity index (χ1n) is 9.08. The van der Waals surface area contributed by atoms with Crippen LogP contribution < -0.4 is 5.32 Å². The fourth-order valence-electron chi connectivity index (χ4n) is 2.52. The van der Waals surface area contributed by atoms with E-state index in [-0.39, 0.29) is 29.6 Å². The molecule has 2 rings (SSSR count). The Bertz CT molecular complexity index is 1310. The molecule has 204 valence electrons. The molecular weight excluding hydrogens is 578 g/mol. The minimum Gasteiger partial charge on any atom is -0.325 e. The Labute approximate surface area is 203 Å². The van der Waals surface area contributed by atoms with Gasteiger partial charge in [-0.15, -0.1) is 11.8 Å². The molecule has 37 heavy (non-hydrogen) atoms. The van der Waals surface area contributed by atoms with Crippen LogP contribution in [0.5, 0.6) is 0 Å². The summed E-state index contributed by atoms with van der Waals surface area (Å²) in [5.74, 6) is -8.83. The van der Waals surface area contributed by atoms with Crippen molar-refractivity contribution in [2.75, 3.05) is 11.1 Å². The minimum absolute atomic E-state index is 0.0930. The van der Waals surface area contributed by atoms with Gasteiger partial charge >= 0.3 is 23.5 Å². The van der Waals surface area contributed by atoms with Crippen molar-refractivity contribution in [3.8, 4) is 0 Å². The molecule has 0 saturated carbocycles. The fraction of sp³-hybridized carbons (Fsp3) is 0.278. The van der Waals surface area contributed by atoms with Crippen molar-refractivity contribution >= 4 is 38.9 Å². The zero-order chi connectivity index (χ0) is 28.6. The Morgan fingerprint density at radius 2 is 1.54 bits per heavy atom. The lowest BCUT2D eigenvalue weighted by molar-refractivity contribution is -0.388. The number of benzene rings is 2. The van der Waals surface area contributed by atoms with E-state index >= 15 is 0 Å². The molecule has 0 atom stereocenters. The molecule has 2 aromatic rings. The van der Waals surface area contributed by atoms with Gasteiger partial charge in [0.1, 0.15) is 0 Å². The highest BCUT2D eigenvalue weighted by Gasteiger charge is 2.78. The predicted octanol–water partition coefficient (Wildman–Crippen LogP) is 5.91. The molecule has 0 saturated heterocycles. The summed E-state index contributed by atoms with van der Waals surface area (Å²) in [6, 6.07) is 3.64. The summed E-state index contributed by atoms with van der Waals surface area (Å²) in [4.78, 5) is 19.3. The molecule has 19 heteroatoms. The first kappa shape index (κ1) is 30.1. The van der Waals surface area contributed by atoms with Gasteiger partial charge in [-0.05, 0) is 30.3 Å². The lowest BCUT2D eigenvalue weighted by Crippen LogP contribution is -2.55. The zero-order valence-corrected chi connectivity index (χ0v) is 19.0. The van der Waals surface area contributed by atoms with Gasteiger partial charge in [0.2, 0.25) is 5.91 Å². The highest BCUT2D eigenvalue weighted by molar-refractivity contribution is 8.00. The molecule has 0 aromatic heterocycles. The third kappa shape index (κ3) is 6.08. The lowest BCUT2D eigenvalue weighted by Gasteiger charge is -2.27. The molecule has 0 unspecified atom stereocenters. The fourth-order valence-corrected chi connectivity index (χ4v) is 4.59. The topological polar surface area (TPSA) is 106 Å². The maximum absolute atomic E-state index is 13.8. The van der Waals surface area contributed by atoms with E-state index in [4.69, 9.17) is 0 Å². The summed E-state index contributed by atoms with van der Waals surface area (Å²) in [5.41, 5.74) is -2.77. The second-order valence-electron chi connectivity index (χ2n) is 6.89. The van der Waals surface area contributed by atoms with Gasteiger partial charge in [0.05, 0.1) is 26.0 Å². The number of halogens is 10. The van der Waals surface area contributed by atoms with Crippen LogP contribution in [0.25, 0.3) is 0 Å². The van der Waals surface area contributed by atoms with Crippen molar-refractivity contribution in [3.05, 3.63) is 58.1 Å². The van der Waals surface area contributed by atoms with Gasteiger partial charge in [0, 0.05) is 11.8 Å². The van der Waals surface area contributed by atoms with E-state index in [1.807, 2.05) is 5.32 Å². The molecule has 1 amide bonds. The van der Waals surface area contributed by atoms with Gasteiger partial charge in [0.25, 0.3) is 15.5 Å². The van der Waals surface area contributed by atoms with Gasteiger partial charge in [0.15, 0.2) is 0 Å². The van der Waals surface area contributed by atoms with Crippen LogP contribution >= 0.6 is 11.8 Å². The third-order valence-corrected chi connectivity index (χ3v) is 7.20. The van der Waals surface area contributed by atoms with E-state index in [0.717, 1.165) is 12.1 Å². The molecular formula is C18H10F10N2O5S2. The summed E-state index contributed by atoms with van der Waals surface area (Å²) in [6.45, 7) is 0. The summed E-state index contributed by atoms with van der Waals surface area (Å²) < 4.78 is 153. The number of anilines is 1. The highest BCUT2D eigenvalue weighted by Crippen LogP contribution is 2.51. The number of hydrogen-bond acceptors (Lipinski definition) is 6. The van der Waals surface area contributed by atoms with Gasteiger partial charge in [-0.2, -0.15) is 43.9 Å². The molecule has 0 aliphatic carbocycles. The minimum atomic E-state index is -7.05. The largest absolute Gasteiger partial charge is 0.461 e. The maximum Gasteiger partial charge on any atom is 0.461 e. The first-order chi connectivity index (χ1) is 16.6. The second-order valence-corrected chi connectivity index (χ2v) is 9.90. The van der Waals surface area contributed by atoms with Crippen LogP contribution in [0.1, 0.15) is 5.56 Å². The number of nitrogens with one attached hydrogen (secondary N) is 1. The van der Waals surface area contributed by atoms with Crippen molar-refractivity contribution < 1.29 is 62.0 Å². The first-order valence-corrected chi connectivity index (χ1v) is 11.5. The Hall–Kier alpha value is -3.09. The number of hydrogen-bond donors (Lipinski definition) is 1. The summed E-state index contributed by atoms with van der Waals surface area (Å²) in [6.07, 6.45) is -11.7. The molecule has 0 bridgehead atoms. The number of nitro benzene ring substituents is 1. The number of carbonyl (C=O) groups is 1. The van der Waals surface area contributed by atoms with Crippen LogP contribution in [0.4, 0.5) is 55.3 Å². The second kappa shape index (κ2) is 9.99. The van der Waals surface area contributed by atoms with Gasteiger partial charge in [-0.25, -0.2) is 8.42 Å². The van der Waals surface area contributed by atoms with Gasteiger partial charge in [-0.3, -0.25) is 14.9 Å². The van der Waals surface area contributed by atoms with E-state index in [1.54, 1.807) is 0 Å². The number of thioether (sulfide) groups is 1. The van der Waals surface area contributed by atoms with E-state index < -0.39 is 71.0 Å². The van der Waals surface area contributed by atoms with E-state index in [2.05, 4.69) is 0 Å². The Morgan fingerprint density at radius 1 is 0.946 bits per heavy atom. The average molecular weight is 588 g/mol. The normalized spacial score (nSPS) is 13.4. The number of alkyl halides is 10. The number of nitrogens with zero attached hydrogens (tertiary/aromatic N) is 1. The van der Waals surface area contributed by atoms with Crippen LogP contribution in [-0.4, -0.2) is 42.4 Å². The summed E-state index contributed by atoms with van der Waals surface area (Å²) >= 11 is 0.263. The van der Waals surface area contributed by atoms with Crippen molar-refractivity contribution in [1.82, 2.24) is 0 Å². The van der Waals surface area contributed by atoms with Crippen LogP contribution in [-0.2, 0) is 20.8 Å². The summed E-state index contributed by atoms with van der Waals surface area (Å²) in [7, 11) is -6.83. The molecule has 0 heterocycles. The van der Waals surface area contributed by atoms with Crippen LogP contribution in [0, 0.1) is 10.1 Å². The maximum atomic E-state index is 13.8. The zero-order valence-electron chi connectivity index (χ0n) is 17.3. The number of nitro groups is 1. The van der Waals surface area contributed by atoms with Gasteiger partial charge in [-0.1, -0.05) is 6.07 Å². The molecule has 0 aliphatic heterocycles. The molecule has 0 radical (unpaired) electrons. The number of carbonyl (C=O) groups excluding carboxylic acids is 1. The van der Waals surface area contributed by atoms with E-state index in [0.29, 0.717) is 18.2 Å². The quantitative estimate of drug-likeness (QED) is 0.178. The Balaban J connectivity index is 2.31. The monoisotopic (exact) mass is 588 g/mol. The standard InChI is InChI=1S/C18H10F10N2O5S2/c19-15(20,21)9-2-1-3-10(6-9)29-14(31)8-36-13-5-4-11(7-12(13)30(32)33)37(34,35)18(27,28)16(22,23)17(24,25)26/h1-7H,8H2,(H,29,31). The SMILES string of the molecule is O=C(CSc1ccc(S(=O)(=O)C(F)(F)C(F)(F)C(F)(F)F)cc1[N+](=O)[O-])Nc1cccc(C(F)(F)F)c1. The van der Waals surface area contributed by atoms with Crippen LogP contribution in [0.3, 0.4) is 0 Å². The molecule has 0 aliphatic rings.